The SMILES string of the molecule is O=C(CCCN1C(=O)c2ccccc2C1=O)NCCn1ccc(C(F)(F)F)n1. The Morgan fingerprint density at radius 1 is 1.04 bits per heavy atom. The average molecular weight is 394 g/mol. The predicted octanol–water partition coefficient (Wildman–Crippen LogP) is 2.09. The van der Waals surface area contributed by atoms with Gasteiger partial charge in [-0.3, -0.25) is 24.0 Å². The molecule has 148 valence electrons. The highest BCUT2D eigenvalue weighted by atomic mass is 19.4. The molecule has 0 fully saturated rings. The molecule has 3 rings (SSSR count). The molecule has 0 unspecified atom stereocenters. The van der Waals surface area contributed by atoms with Gasteiger partial charge in [0.25, 0.3) is 11.8 Å². The van der Waals surface area contributed by atoms with Crippen molar-refractivity contribution in [2.75, 3.05) is 13.1 Å². The molecule has 2 heterocycles. The first-order chi connectivity index (χ1) is 13.3. The van der Waals surface area contributed by atoms with E-state index < -0.39 is 11.9 Å². The van der Waals surface area contributed by atoms with Crippen molar-refractivity contribution in [3.63, 3.8) is 0 Å². The minimum atomic E-state index is -4.50. The van der Waals surface area contributed by atoms with Crippen molar-refractivity contribution in [1.82, 2.24) is 20.0 Å². The first kappa shape index (κ1) is 19.6. The Morgan fingerprint density at radius 2 is 1.68 bits per heavy atom. The molecule has 3 amide bonds. The molecule has 0 saturated heterocycles. The van der Waals surface area contributed by atoms with E-state index in [1.54, 1.807) is 24.3 Å². The van der Waals surface area contributed by atoms with Crippen molar-refractivity contribution in [1.29, 1.82) is 0 Å². The fraction of sp³-hybridized carbons (Fsp3) is 0.333. The number of amides is 3. The third kappa shape index (κ3) is 4.21. The van der Waals surface area contributed by atoms with Gasteiger partial charge < -0.3 is 5.32 Å². The summed E-state index contributed by atoms with van der Waals surface area (Å²) in [6.07, 6.45) is -2.94. The Labute approximate surface area is 158 Å². The summed E-state index contributed by atoms with van der Waals surface area (Å²) in [7, 11) is 0. The second-order valence-electron chi connectivity index (χ2n) is 6.22. The Morgan fingerprint density at radius 3 is 2.25 bits per heavy atom. The standard InChI is InChI=1S/C18H17F3N4O3/c19-18(20,21)14-7-10-24(23-14)11-8-22-15(26)6-3-9-25-16(27)12-4-1-2-5-13(12)17(25)28/h1-2,4-5,7,10H,3,6,8-9,11H2,(H,22,26). The number of benzene rings is 1. The van der Waals surface area contributed by atoms with Crippen molar-refractivity contribution in [2.45, 2.75) is 25.6 Å². The van der Waals surface area contributed by atoms with Crippen LogP contribution in [0.3, 0.4) is 0 Å². The molecule has 7 nitrogen and oxygen atoms in total. The third-order valence-corrected chi connectivity index (χ3v) is 4.26. The van der Waals surface area contributed by atoms with Crippen molar-refractivity contribution in [2.24, 2.45) is 0 Å². The molecule has 10 heteroatoms. The van der Waals surface area contributed by atoms with Gasteiger partial charge in [0.2, 0.25) is 5.91 Å². The van der Waals surface area contributed by atoms with E-state index >= 15 is 0 Å². The number of alkyl halides is 3. The highest BCUT2D eigenvalue weighted by Gasteiger charge is 2.35. The molecule has 0 saturated carbocycles. The van der Waals surface area contributed by atoms with Crippen LogP contribution >= 0.6 is 0 Å². The highest BCUT2D eigenvalue weighted by Crippen LogP contribution is 2.27. The topological polar surface area (TPSA) is 84.3 Å². The molecule has 1 aliphatic heterocycles. The molecule has 0 spiro atoms. The Balaban J connectivity index is 1.39. The first-order valence-corrected chi connectivity index (χ1v) is 8.60. The van der Waals surface area contributed by atoms with E-state index in [4.69, 9.17) is 0 Å². The lowest BCUT2D eigenvalue weighted by Crippen LogP contribution is -2.32. The zero-order chi connectivity index (χ0) is 20.3. The summed E-state index contributed by atoms with van der Waals surface area (Å²) in [4.78, 5) is 37.4. The van der Waals surface area contributed by atoms with Crippen LogP contribution in [0.5, 0.6) is 0 Å². The van der Waals surface area contributed by atoms with Gasteiger partial charge in [0.15, 0.2) is 5.69 Å². The van der Waals surface area contributed by atoms with Crippen LogP contribution in [-0.4, -0.2) is 45.5 Å². The number of rotatable bonds is 7. The number of nitrogens with zero attached hydrogens (tertiary/aromatic N) is 3. The van der Waals surface area contributed by atoms with Crippen molar-refractivity contribution < 1.29 is 27.6 Å². The molecular weight excluding hydrogens is 377 g/mol. The molecule has 2 aromatic rings. The number of hydrogen-bond donors (Lipinski definition) is 1. The molecule has 28 heavy (non-hydrogen) atoms. The number of nitrogens with one attached hydrogen (secondary N) is 1. The number of carbonyl (C=O) groups excluding carboxylic acids is 3. The van der Waals surface area contributed by atoms with Gasteiger partial charge in [-0.25, -0.2) is 0 Å². The lowest BCUT2D eigenvalue weighted by atomic mass is 10.1. The van der Waals surface area contributed by atoms with Gasteiger partial charge in [-0.1, -0.05) is 12.1 Å². The monoisotopic (exact) mass is 394 g/mol. The number of hydrogen-bond acceptors (Lipinski definition) is 4. The Hall–Kier alpha value is -3.17. The molecule has 0 bridgehead atoms. The van der Waals surface area contributed by atoms with E-state index in [1.807, 2.05) is 0 Å². The number of carbonyl (C=O) groups is 3. The largest absolute Gasteiger partial charge is 0.435 e. The summed E-state index contributed by atoms with van der Waals surface area (Å²) in [5, 5.41) is 5.96. The van der Waals surface area contributed by atoms with Crippen LogP contribution in [0.15, 0.2) is 36.5 Å². The van der Waals surface area contributed by atoms with Gasteiger partial charge in [0, 0.05) is 25.7 Å². The van der Waals surface area contributed by atoms with E-state index in [1.165, 1.54) is 6.20 Å². The van der Waals surface area contributed by atoms with Gasteiger partial charge in [-0.05, 0) is 24.6 Å². The molecular formula is C18H17F3N4O3. The minimum absolute atomic E-state index is 0.0836. The summed E-state index contributed by atoms with van der Waals surface area (Å²) < 4.78 is 38.5. The van der Waals surface area contributed by atoms with Gasteiger partial charge in [-0.2, -0.15) is 18.3 Å². The van der Waals surface area contributed by atoms with E-state index in [0.717, 1.165) is 15.6 Å². The number of aromatic nitrogens is 2. The molecule has 0 atom stereocenters. The van der Waals surface area contributed by atoms with Gasteiger partial charge in [-0.15, -0.1) is 0 Å². The van der Waals surface area contributed by atoms with E-state index in [9.17, 15) is 27.6 Å². The van der Waals surface area contributed by atoms with Crippen LogP contribution in [0, 0.1) is 0 Å². The Bertz CT molecular complexity index is 872. The lowest BCUT2D eigenvalue weighted by Gasteiger charge is -2.13. The van der Waals surface area contributed by atoms with Crippen LogP contribution in [0.25, 0.3) is 0 Å². The smallest absolute Gasteiger partial charge is 0.354 e. The summed E-state index contributed by atoms with van der Waals surface area (Å²) in [5.74, 6) is -1.07. The zero-order valence-electron chi connectivity index (χ0n) is 14.7. The third-order valence-electron chi connectivity index (χ3n) is 4.26. The number of imide groups is 1. The summed E-state index contributed by atoms with van der Waals surface area (Å²) in [5.41, 5.74) is -0.274. The second kappa shape index (κ2) is 7.83. The van der Waals surface area contributed by atoms with Crippen LogP contribution in [-0.2, 0) is 17.5 Å². The van der Waals surface area contributed by atoms with E-state index in [-0.39, 0.29) is 50.2 Å². The Kier molecular flexibility index (Phi) is 5.48. The maximum atomic E-state index is 12.5. The van der Waals surface area contributed by atoms with Crippen molar-refractivity contribution in [3.8, 4) is 0 Å². The molecule has 1 aromatic heterocycles. The number of halogens is 3. The van der Waals surface area contributed by atoms with Gasteiger partial charge >= 0.3 is 6.18 Å². The van der Waals surface area contributed by atoms with Crippen LogP contribution in [0.1, 0.15) is 39.3 Å². The predicted molar refractivity (Wildman–Crippen MR) is 91.3 cm³/mol. The van der Waals surface area contributed by atoms with Crippen LogP contribution < -0.4 is 5.32 Å². The van der Waals surface area contributed by atoms with Gasteiger partial charge in [0.05, 0.1) is 17.7 Å². The lowest BCUT2D eigenvalue weighted by molar-refractivity contribution is -0.141. The minimum Gasteiger partial charge on any atom is -0.354 e. The summed E-state index contributed by atoms with van der Waals surface area (Å²) in [6, 6.07) is 7.39. The zero-order valence-corrected chi connectivity index (χ0v) is 14.7. The maximum Gasteiger partial charge on any atom is 0.435 e. The normalized spacial score (nSPS) is 13.8. The molecule has 0 aliphatic carbocycles. The first-order valence-electron chi connectivity index (χ1n) is 8.60. The fourth-order valence-electron chi connectivity index (χ4n) is 2.88. The van der Waals surface area contributed by atoms with Gasteiger partial charge in [0.1, 0.15) is 0 Å². The van der Waals surface area contributed by atoms with E-state index in [2.05, 4.69) is 10.4 Å². The fourth-order valence-corrected chi connectivity index (χ4v) is 2.88. The second-order valence-corrected chi connectivity index (χ2v) is 6.22. The van der Waals surface area contributed by atoms with Crippen molar-refractivity contribution >= 4 is 17.7 Å². The average Bonchev–Trinajstić information content (AvgIpc) is 3.21. The molecule has 1 N–H and O–H groups in total. The molecule has 1 aliphatic rings. The maximum absolute atomic E-state index is 12.5. The highest BCUT2D eigenvalue weighted by molar-refractivity contribution is 6.21. The van der Waals surface area contributed by atoms with Crippen LogP contribution in [0.4, 0.5) is 13.2 Å². The summed E-state index contributed by atoms with van der Waals surface area (Å²) >= 11 is 0. The molecule has 0 radical (unpaired) electrons. The van der Waals surface area contributed by atoms with Crippen LogP contribution in [0.2, 0.25) is 0 Å². The van der Waals surface area contributed by atoms with Crippen molar-refractivity contribution in [3.05, 3.63) is 53.3 Å². The molecule has 1 aromatic carbocycles. The number of fused-ring (bicyclic) bond motifs is 1. The van der Waals surface area contributed by atoms with E-state index in [0.29, 0.717) is 11.1 Å². The quantitative estimate of drug-likeness (QED) is 0.729. The summed E-state index contributed by atoms with van der Waals surface area (Å²) in [6.45, 7) is 0.332.